The Kier molecular flexibility index (Phi) is 5.47. The lowest BCUT2D eigenvalue weighted by molar-refractivity contribution is 0.382. The van der Waals surface area contributed by atoms with E-state index in [-0.39, 0.29) is 17.3 Å². The molecule has 2 aromatic rings. The third-order valence-corrected chi connectivity index (χ3v) is 5.04. The van der Waals surface area contributed by atoms with Crippen LogP contribution in [0.5, 0.6) is 5.75 Å². The first kappa shape index (κ1) is 17.6. The van der Waals surface area contributed by atoms with Crippen LogP contribution in [-0.4, -0.2) is 5.11 Å². The number of hydrogen-bond acceptors (Lipinski definition) is 4. The van der Waals surface area contributed by atoms with Crippen LogP contribution in [0.1, 0.15) is 55.1 Å². The molecule has 1 atom stereocenters. The van der Waals surface area contributed by atoms with Crippen LogP contribution in [0.4, 0.5) is 5.69 Å². The number of rotatable bonds is 4. The first-order valence-electron chi connectivity index (χ1n) is 9.25. The van der Waals surface area contributed by atoms with Gasteiger partial charge in [-0.05, 0) is 55.7 Å². The number of aromatic hydroxyl groups is 1. The summed E-state index contributed by atoms with van der Waals surface area (Å²) in [6, 6.07) is 7.80. The number of aryl methyl sites for hydroxylation is 1. The van der Waals surface area contributed by atoms with Gasteiger partial charge in [-0.1, -0.05) is 31.9 Å². The molecule has 0 aliphatic heterocycles. The molecule has 4 nitrogen and oxygen atoms in total. The molecule has 3 rings (SSSR count). The number of nitrogens with two attached hydrogens (primary N) is 1. The average molecular weight is 341 g/mol. The van der Waals surface area contributed by atoms with E-state index in [9.17, 15) is 9.90 Å². The molecule has 25 heavy (non-hydrogen) atoms. The van der Waals surface area contributed by atoms with E-state index in [0.29, 0.717) is 17.7 Å². The first-order valence-corrected chi connectivity index (χ1v) is 9.25. The number of anilines is 1. The van der Waals surface area contributed by atoms with E-state index in [0.717, 1.165) is 55.3 Å². The minimum atomic E-state index is -0.378. The summed E-state index contributed by atoms with van der Waals surface area (Å²) in [7, 11) is 0. The molecule has 1 aliphatic carbocycles. The Bertz CT molecular complexity index is 794. The summed E-state index contributed by atoms with van der Waals surface area (Å²) >= 11 is 0. The Morgan fingerprint density at radius 1 is 1.16 bits per heavy atom. The molecule has 3 N–H and O–H groups in total. The van der Waals surface area contributed by atoms with Crippen LogP contribution in [0.15, 0.2) is 33.5 Å². The van der Waals surface area contributed by atoms with Gasteiger partial charge >= 0.3 is 5.63 Å². The van der Waals surface area contributed by atoms with Gasteiger partial charge in [-0.2, -0.15) is 0 Å². The van der Waals surface area contributed by atoms with Gasteiger partial charge in [0.15, 0.2) is 0 Å². The maximum atomic E-state index is 12.4. The topological polar surface area (TPSA) is 76.5 Å². The SMILES string of the molecule is CC(Cc1cccc(N)c1)Cc1c(O)c2c(oc1=O)CCCCCC2. The maximum Gasteiger partial charge on any atom is 0.342 e. The van der Waals surface area contributed by atoms with Gasteiger partial charge in [0.2, 0.25) is 0 Å². The largest absolute Gasteiger partial charge is 0.507 e. The zero-order chi connectivity index (χ0) is 17.8. The van der Waals surface area contributed by atoms with Crippen LogP contribution in [0, 0.1) is 5.92 Å². The summed E-state index contributed by atoms with van der Waals surface area (Å²) in [5, 5.41) is 10.7. The third kappa shape index (κ3) is 4.25. The molecule has 1 aliphatic rings. The van der Waals surface area contributed by atoms with Crippen molar-refractivity contribution < 1.29 is 9.52 Å². The van der Waals surface area contributed by atoms with Crippen molar-refractivity contribution in [1.82, 2.24) is 0 Å². The van der Waals surface area contributed by atoms with Crippen LogP contribution in [-0.2, 0) is 25.7 Å². The van der Waals surface area contributed by atoms with Gasteiger partial charge in [0, 0.05) is 17.7 Å². The molecule has 0 saturated heterocycles. The lowest BCUT2D eigenvalue weighted by atomic mass is 9.91. The molecule has 4 heteroatoms. The van der Waals surface area contributed by atoms with Crippen LogP contribution in [0.2, 0.25) is 0 Å². The van der Waals surface area contributed by atoms with Crippen LogP contribution in [0.25, 0.3) is 0 Å². The average Bonchev–Trinajstić information content (AvgIpc) is 2.53. The van der Waals surface area contributed by atoms with E-state index in [2.05, 4.69) is 6.92 Å². The predicted molar refractivity (Wildman–Crippen MR) is 99.9 cm³/mol. The second kappa shape index (κ2) is 7.77. The summed E-state index contributed by atoms with van der Waals surface area (Å²) in [6.45, 7) is 2.08. The zero-order valence-corrected chi connectivity index (χ0v) is 14.9. The highest BCUT2D eigenvalue weighted by atomic mass is 16.4. The minimum Gasteiger partial charge on any atom is -0.507 e. The molecule has 0 saturated carbocycles. The van der Waals surface area contributed by atoms with Gasteiger partial charge in [-0.3, -0.25) is 0 Å². The zero-order valence-electron chi connectivity index (χ0n) is 14.9. The van der Waals surface area contributed by atoms with Crippen molar-refractivity contribution in [2.24, 2.45) is 5.92 Å². The Labute approximate surface area is 148 Å². The van der Waals surface area contributed by atoms with E-state index in [1.54, 1.807) is 0 Å². The predicted octanol–water partition coefficient (Wildman–Crippen LogP) is 4.01. The van der Waals surface area contributed by atoms with Crippen molar-refractivity contribution in [1.29, 1.82) is 0 Å². The molecule has 1 aromatic heterocycles. The van der Waals surface area contributed by atoms with Gasteiger partial charge in [-0.15, -0.1) is 0 Å². The number of hydrogen-bond donors (Lipinski definition) is 2. The Balaban J connectivity index is 1.82. The Morgan fingerprint density at radius 3 is 2.68 bits per heavy atom. The van der Waals surface area contributed by atoms with E-state index >= 15 is 0 Å². The molecule has 1 unspecified atom stereocenters. The normalized spacial score (nSPS) is 15.9. The van der Waals surface area contributed by atoms with Gasteiger partial charge in [0.25, 0.3) is 0 Å². The van der Waals surface area contributed by atoms with Crippen LogP contribution in [0.3, 0.4) is 0 Å². The molecule has 0 fully saturated rings. The minimum absolute atomic E-state index is 0.174. The number of nitrogen functional groups attached to an aromatic ring is 1. The highest BCUT2D eigenvalue weighted by Gasteiger charge is 2.21. The lowest BCUT2D eigenvalue weighted by Gasteiger charge is -2.17. The molecular weight excluding hydrogens is 314 g/mol. The van der Waals surface area contributed by atoms with Crippen molar-refractivity contribution >= 4 is 5.69 Å². The van der Waals surface area contributed by atoms with Crippen molar-refractivity contribution in [3.63, 3.8) is 0 Å². The summed E-state index contributed by atoms with van der Waals surface area (Å²) in [5.41, 5.74) is 8.62. The van der Waals surface area contributed by atoms with Crippen molar-refractivity contribution in [2.45, 2.75) is 58.3 Å². The molecule has 134 valence electrons. The molecule has 1 aromatic carbocycles. The third-order valence-electron chi connectivity index (χ3n) is 5.04. The van der Waals surface area contributed by atoms with Crippen LogP contribution >= 0.6 is 0 Å². The van der Waals surface area contributed by atoms with Gasteiger partial charge < -0.3 is 15.3 Å². The summed E-state index contributed by atoms with van der Waals surface area (Å²) in [4.78, 5) is 12.4. The van der Waals surface area contributed by atoms with E-state index in [4.69, 9.17) is 10.2 Å². The number of benzene rings is 1. The van der Waals surface area contributed by atoms with Gasteiger partial charge in [-0.25, -0.2) is 4.79 Å². The van der Waals surface area contributed by atoms with Gasteiger partial charge in [0.1, 0.15) is 11.5 Å². The van der Waals surface area contributed by atoms with E-state index in [1.165, 1.54) is 6.42 Å². The maximum absolute atomic E-state index is 12.4. The monoisotopic (exact) mass is 341 g/mol. The highest BCUT2D eigenvalue weighted by Crippen LogP contribution is 2.30. The standard InChI is InChI=1S/C21H27NO3/c1-14(11-15-7-6-8-16(22)13-15)12-18-20(23)17-9-4-2-3-5-10-19(17)25-21(18)24/h6-8,13-14,23H,2-5,9-12,22H2,1H3. The first-order chi connectivity index (χ1) is 12.0. The highest BCUT2D eigenvalue weighted by molar-refractivity contribution is 5.42. The summed E-state index contributed by atoms with van der Waals surface area (Å²) < 4.78 is 5.58. The van der Waals surface area contributed by atoms with Crippen molar-refractivity contribution in [2.75, 3.05) is 5.73 Å². The number of fused-ring (bicyclic) bond motifs is 1. The molecule has 0 spiro atoms. The fourth-order valence-corrected chi connectivity index (χ4v) is 3.77. The van der Waals surface area contributed by atoms with Gasteiger partial charge in [0.05, 0.1) is 5.56 Å². The molecule has 0 bridgehead atoms. The second-order valence-electron chi connectivity index (χ2n) is 7.29. The van der Waals surface area contributed by atoms with E-state index < -0.39 is 0 Å². The molecule has 0 radical (unpaired) electrons. The smallest absolute Gasteiger partial charge is 0.342 e. The Morgan fingerprint density at radius 2 is 1.92 bits per heavy atom. The van der Waals surface area contributed by atoms with E-state index in [1.807, 2.05) is 24.3 Å². The lowest BCUT2D eigenvalue weighted by Crippen LogP contribution is -2.17. The summed E-state index contributed by atoms with van der Waals surface area (Å²) in [5.74, 6) is 1.07. The van der Waals surface area contributed by atoms with Crippen molar-refractivity contribution in [3.05, 3.63) is 57.1 Å². The quantitative estimate of drug-likeness (QED) is 0.824. The second-order valence-corrected chi connectivity index (χ2v) is 7.29. The molecular formula is C21H27NO3. The Hall–Kier alpha value is -2.23. The fraction of sp³-hybridized carbons (Fsp3) is 0.476. The molecule has 1 heterocycles. The molecule has 0 amide bonds. The summed E-state index contributed by atoms with van der Waals surface area (Å²) in [6.07, 6.45) is 7.23. The fourth-order valence-electron chi connectivity index (χ4n) is 3.77. The van der Waals surface area contributed by atoms with Crippen molar-refractivity contribution in [3.8, 4) is 5.75 Å². The van der Waals surface area contributed by atoms with Crippen LogP contribution < -0.4 is 11.4 Å².